The van der Waals surface area contributed by atoms with E-state index in [9.17, 15) is 19.2 Å². The number of urea groups is 1. The topological polar surface area (TPSA) is 114 Å². The molecule has 0 saturated carbocycles. The molecule has 0 aliphatic carbocycles. The summed E-state index contributed by atoms with van der Waals surface area (Å²) in [6, 6.07) is 19.5. The number of hydrogen-bond acceptors (Lipinski definition) is 5. The van der Waals surface area contributed by atoms with Crippen molar-refractivity contribution in [2.75, 3.05) is 17.2 Å². The van der Waals surface area contributed by atoms with Gasteiger partial charge in [-0.15, -0.1) is 0 Å². The quantitative estimate of drug-likeness (QED) is 0.495. The van der Waals surface area contributed by atoms with Crippen LogP contribution in [0.3, 0.4) is 0 Å². The second-order valence-corrected chi connectivity index (χ2v) is 7.26. The number of carbonyl (C=O) groups excluding carboxylic acids is 4. The first-order valence-corrected chi connectivity index (χ1v) is 10.1. The van der Waals surface area contributed by atoms with Crippen LogP contribution in [-0.4, -0.2) is 30.4 Å². The molecule has 0 fully saturated rings. The van der Waals surface area contributed by atoms with Gasteiger partial charge in [-0.3, -0.25) is 14.9 Å². The van der Waals surface area contributed by atoms with Crippen molar-refractivity contribution >= 4 is 35.2 Å². The maximum absolute atomic E-state index is 12.5. The summed E-state index contributed by atoms with van der Waals surface area (Å²) in [6.45, 7) is 3.10. The third-order valence-corrected chi connectivity index (χ3v) is 4.65. The molecular weight excluding hydrogens is 422 g/mol. The predicted molar refractivity (Wildman–Crippen MR) is 124 cm³/mol. The van der Waals surface area contributed by atoms with E-state index in [1.165, 1.54) is 6.07 Å². The van der Waals surface area contributed by atoms with Gasteiger partial charge in [0, 0.05) is 11.3 Å². The van der Waals surface area contributed by atoms with Crippen LogP contribution in [0.15, 0.2) is 72.8 Å². The monoisotopic (exact) mass is 445 g/mol. The highest BCUT2D eigenvalue weighted by Crippen LogP contribution is 2.18. The minimum atomic E-state index is -0.816. The van der Waals surface area contributed by atoms with E-state index >= 15 is 0 Å². The number of hydrogen-bond donors (Lipinski definition) is 3. The van der Waals surface area contributed by atoms with Gasteiger partial charge in [0.15, 0.2) is 6.61 Å². The van der Waals surface area contributed by atoms with Crippen molar-refractivity contribution < 1.29 is 23.9 Å². The molecule has 0 bridgehead atoms. The van der Waals surface area contributed by atoms with Crippen molar-refractivity contribution in [3.05, 3.63) is 95.1 Å². The Labute approximate surface area is 191 Å². The highest BCUT2D eigenvalue weighted by Gasteiger charge is 2.17. The molecule has 4 amide bonds. The lowest BCUT2D eigenvalue weighted by molar-refractivity contribution is -0.123. The molecule has 3 aromatic rings. The van der Waals surface area contributed by atoms with Crippen molar-refractivity contribution in [1.29, 1.82) is 0 Å². The van der Waals surface area contributed by atoms with Gasteiger partial charge in [-0.05, 0) is 49.7 Å². The van der Waals surface area contributed by atoms with Crippen LogP contribution in [0, 0.1) is 13.8 Å². The van der Waals surface area contributed by atoms with E-state index in [-0.39, 0.29) is 11.3 Å². The van der Waals surface area contributed by atoms with Crippen LogP contribution in [0.2, 0.25) is 0 Å². The number of rotatable bonds is 6. The summed E-state index contributed by atoms with van der Waals surface area (Å²) in [4.78, 5) is 49.0. The van der Waals surface area contributed by atoms with E-state index in [1.807, 2.05) is 26.0 Å². The number of amides is 4. The van der Waals surface area contributed by atoms with E-state index in [2.05, 4.69) is 16.0 Å². The Morgan fingerprint density at radius 1 is 0.788 bits per heavy atom. The van der Waals surface area contributed by atoms with Crippen LogP contribution in [0.25, 0.3) is 0 Å². The largest absolute Gasteiger partial charge is 0.452 e. The number of benzene rings is 3. The molecule has 0 aliphatic heterocycles. The second-order valence-electron chi connectivity index (χ2n) is 7.26. The average molecular weight is 445 g/mol. The first-order chi connectivity index (χ1) is 15.8. The average Bonchev–Trinajstić information content (AvgIpc) is 2.80. The number of para-hydroxylation sites is 1. The fourth-order valence-electron chi connectivity index (χ4n) is 3.03. The van der Waals surface area contributed by atoms with Crippen LogP contribution in [0.1, 0.15) is 31.8 Å². The minimum absolute atomic E-state index is 0.0781. The van der Waals surface area contributed by atoms with Crippen LogP contribution in [0.4, 0.5) is 16.2 Å². The number of aryl methyl sites for hydroxylation is 2. The van der Waals surface area contributed by atoms with E-state index in [1.54, 1.807) is 54.6 Å². The lowest BCUT2D eigenvalue weighted by atomic mass is 10.1. The SMILES string of the molecule is Cc1ccc(NC(=O)NC(=O)COC(=O)c2ccccc2NC(=O)c2ccccc2)c(C)c1. The summed E-state index contributed by atoms with van der Waals surface area (Å²) in [5, 5.41) is 7.34. The Balaban J connectivity index is 1.55. The molecule has 0 unspecified atom stereocenters. The fraction of sp³-hybridized carbons (Fsp3) is 0.120. The zero-order valence-electron chi connectivity index (χ0n) is 18.2. The Morgan fingerprint density at radius 2 is 1.48 bits per heavy atom. The molecule has 0 aromatic heterocycles. The molecule has 3 rings (SSSR count). The molecule has 8 nitrogen and oxygen atoms in total. The maximum Gasteiger partial charge on any atom is 0.340 e. The van der Waals surface area contributed by atoms with Gasteiger partial charge in [-0.25, -0.2) is 9.59 Å². The fourth-order valence-corrected chi connectivity index (χ4v) is 3.03. The van der Waals surface area contributed by atoms with Gasteiger partial charge < -0.3 is 15.4 Å². The van der Waals surface area contributed by atoms with Crippen molar-refractivity contribution in [2.45, 2.75) is 13.8 Å². The van der Waals surface area contributed by atoms with Crippen molar-refractivity contribution in [3.63, 3.8) is 0 Å². The molecule has 8 heteroatoms. The number of anilines is 2. The third-order valence-electron chi connectivity index (χ3n) is 4.65. The smallest absolute Gasteiger partial charge is 0.340 e. The first kappa shape index (κ1) is 23.2. The van der Waals surface area contributed by atoms with Gasteiger partial charge >= 0.3 is 12.0 Å². The summed E-state index contributed by atoms with van der Waals surface area (Å²) in [5.74, 6) is -2.00. The number of ether oxygens (including phenoxy) is 1. The molecule has 3 aromatic carbocycles. The minimum Gasteiger partial charge on any atom is -0.452 e. The molecular formula is C25H23N3O5. The molecule has 3 N–H and O–H groups in total. The van der Waals surface area contributed by atoms with Crippen LogP contribution >= 0.6 is 0 Å². The number of carbonyl (C=O) groups is 4. The normalized spacial score (nSPS) is 10.1. The van der Waals surface area contributed by atoms with Gasteiger partial charge in [0.25, 0.3) is 11.8 Å². The third kappa shape index (κ3) is 6.51. The lowest BCUT2D eigenvalue weighted by Crippen LogP contribution is -2.37. The van der Waals surface area contributed by atoms with Crippen molar-refractivity contribution in [3.8, 4) is 0 Å². The highest BCUT2D eigenvalue weighted by atomic mass is 16.5. The zero-order valence-corrected chi connectivity index (χ0v) is 18.2. The van der Waals surface area contributed by atoms with E-state index < -0.39 is 30.4 Å². The van der Waals surface area contributed by atoms with Gasteiger partial charge in [0.1, 0.15) is 0 Å². The summed E-state index contributed by atoms with van der Waals surface area (Å²) >= 11 is 0. The lowest BCUT2D eigenvalue weighted by Gasteiger charge is -2.12. The van der Waals surface area contributed by atoms with Gasteiger partial charge in [-0.2, -0.15) is 0 Å². The summed E-state index contributed by atoms with van der Waals surface area (Å²) in [6.07, 6.45) is 0. The molecule has 0 saturated heterocycles. The van der Waals surface area contributed by atoms with E-state index in [4.69, 9.17) is 4.74 Å². The summed E-state index contributed by atoms with van der Waals surface area (Å²) < 4.78 is 5.03. The number of nitrogens with one attached hydrogen (secondary N) is 3. The van der Waals surface area contributed by atoms with E-state index in [0.29, 0.717) is 11.3 Å². The van der Waals surface area contributed by atoms with Gasteiger partial charge in [0.2, 0.25) is 0 Å². The first-order valence-electron chi connectivity index (χ1n) is 10.1. The highest BCUT2D eigenvalue weighted by molar-refractivity contribution is 6.08. The van der Waals surface area contributed by atoms with Gasteiger partial charge in [-0.1, -0.05) is 48.0 Å². The molecule has 0 aliphatic rings. The molecule has 0 spiro atoms. The van der Waals surface area contributed by atoms with Crippen molar-refractivity contribution in [2.24, 2.45) is 0 Å². The zero-order chi connectivity index (χ0) is 23.8. The molecule has 0 radical (unpaired) electrons. The second kappa shape index (κ2) is 10.7. The molecule has 33 heavy (non-hydrogen) atoms. The standard InChI is InChI=1S/C25H23N3O5/c1-16-12-13-20(17(2)14-16)27-25(32)28-22(29)15-33-24(31)19-10-6-7-11-21(19)26-23(30)18-8-4-3-5-9-18/h3-14H,15H2,1-2H3,(H,26,30)(H2,27,28,29,32). The Morgan fingerprint density at radius 3 is 2.21 bits per heavy atom. The summed E-state index contributed by atoms with van der Waals surface area (Å²) in [7, 11) is 0. The Hall–Kier alpha value is -4.46. The van der Waals surface area contributed by atoms with Crippen LogP contribution in [0.5, 0.6) is 0 Å². The molecule has 0 atom stereocenters. The van der Waals surface area contributed by atoms with Gasteiger partial charge in [0.05, 0.1) is 11.3 Å². The number of imide groups is 1. The Bertz CT molecular complexity index is 1190. The molecule has 168 valence electrons. The van der Waals surface area contributed by atoms with Crippen LogP contribution in [-0.2, 0) is 9.53 Å². The van der Waals surface area contributed by atoms with Crippen LogP contribution < -0.4 is 16.0 Å². The van der Waals surface area contributed by atoms with Crippen molar-refractivity contribution in [1.82, 2.24) is 5.32 Å². The van der Waals surface area contributed by atoms with E-state index in [0.717, 1.165) is 11.1 Å². The molecule has 0 heterocycles. The predicted octanol–water partition coefficient (Wildman–Crippen LogP) is 4.06. The Kier molecular flexibility index (Phi) is 7.54. The summed E-state index contributed by atoms with van der Waals surface area (Å²) in [5.41, 5.74) is 3.19. The maximum atomic E-state index is 12.5. The number of esters is 1.